The van der Waals surface area contributed by atoms with Gasteiger partial charge in [0.2, 0.25) is 0 Å². The Kier molecular flexibility index (Phi) is 1.80. The minimum atomic E-state index is 0.379. The predicted molar refractivity (Wildman–Crippen MR) is 56.5 cm³/mol. The summed E-state index contributed by atoms with van der Waals surface area (Å²) in [7, 11) is 1.65. The Bertz CT molecular complexity index is 429. The fourth-order valence-corrected chi connectivity index (χ4v) is 2.06. The maximum atomic E-state index is 5.71. The van der Waals surface area contributed by atoms with Crippen LogP contribution in [0.1, 0.15) is 5.56 Å². The molecular formula is C11H12N2O2. The van der Waals surface area contributed by atoms with Gasteiger partial charge in [0.15, 0.2) is 11.5 Å². The highest BCUT2D eigenvalue weighted by atomic mass is 16.5. The van der Waals surface area contributed by atoms with Gasteiger partial charge in [0.1, 0.15) is 0 Å². The van der Waals surface area contributed by atoms with E-state index in [2.05, 4.69) is 10.5 Å². The number of nitrogens with zero attached hydrogens (tertiary/aromatic N) is 1. The molecule has 2 aliphatic rings. The average molecular weight is 204 g/mol. The van der Waals surface area contributed by atoms with Crippen LogP contribution in [0.5, 0.6) is 11.5 Å². The van der Waals surface area contributed by atoms with Crippen LogP contribution in [0.4, 0.5) is 0 Å². The third kappa shape index (κ3) is 1.17. The van der Waals surface area contributed by atoms with E-state index in [0.717, 1.165) is 29.3 Å². The van der Waals surface area contributed by atoms with Crippen molar-refractivity contribution in [3.05, 3.63) is 23.8 Å². The van der Waals surface area contributed by atoms with Gasteiger partial charge in [-0.1, -0.05) is 6.07 Å². The second-order valence-corrected chi connectivity index (χ2v) is 3.70. The highest BCUT2D eigenvalue weighted by Crippen LogP contribution is 2.36. The minimum Gasteiger partial charge on any atom is -0.493 e. The molecule has 1 aromatic rings. The van der Waals surface area contributed by atoms with Crippen LogP contribution in [0.3, 0.4) is 0 Å². The molecule has 1 atom stereocenters. The normalized spacial score (nSPS) is 21.9. The van der Waals surface area contributed by atoms with E-state index in [1.54, 1.807) is 7.11 Å². The first-order chi connectivity index (χ1) is 7.40. The molecule has 0 radical (unpaired) electrons. The first-order valence-electron chi connectivity index (χ1n) is 5.01. The molecule has 4 heteroatoms. The van der Waals surface area contributed by atoms with Gasteiger partial charge in [-0.25, -0.2) is 0 Å². The molecule has 15 heavy (non-hydrogen) atoms. The lowest BCUT2D eigenvalue weighted by molar-refractivity contribution is 0.262. The van der Waals surface area contributed by atoms with Crippen molar-refractivity contribution in [3.8, 4) is 11.5 Å². The maximum absolute atomic E-state index is 5.71. The molecule has 2 heterocycles. The van der Waals surface area contributed by atoms with Gasteiger partial charge in [-0.15, -0.1) is 0 Å². The maximum Gasteiger partial charge on any atom is 0.170 e. The summed E-state index contributed by atoms with van der Waals surface area (Å²) < 4.78 is 11.0. The van der Waals surface area contributed by atoms with Gasteiger partial charge in [-0.3, -0.25) is 0 Å². The third-order valence-electron chi connectivity index (χ3n) is 2.83. The van der Waals surface area contributed by atoms with Gasteiger partial charge in [-0.2, -0.15) is 5.10 Å². The lowest BCUT2D eigenvalue weighted by Gasteiger charge is -2.23. The van der Waals surface area contributed by atoms with E-state index in [0.29, 0.717) is 12.5 Å². The zero-order valence-electron chi connectivity index (χ0n) is 8.49. The minimum absolute atomic E-state index is 0.379. The Morgan fingerprint density at radius 3 is 3.33 bits per heavy atom. The molecule has 0 aliphatic carbocycles. The molecule has 0 aromatic heterocycles. The first kappa shape index (κ1) is 8.59. The monoisotopic (exact) mass is 204 g/mol. The van der Waals surface area contributed by atoms with E-state index in [1.807, 2.05) is 18.2 Å². The standard InChI is InChI=1S/C11H12N2O2/c1-14-9-4-2-3-8-10-7(5-12-13-10)6-15-11(8)9/h2-4,7,12H,5-6H2,1H3. The summed E-state index contributed by atoms with van der Waals surface area (Å²) in [6, 6.07) is 5.89. The number of ether oxygens (including phenoxy) is 2. The molecule has 0 saturated carbocycles. The van der Waals surface area contributed by atoms with E-state index >= 15 is 0 Å². The summed E-state index contributed by atoms with van der Waals surface area (Å²) in [5.74, 6) is 1.98. The lowest BCUT2D eigenvalue weighted by atomic mass is 9.95. The third-order valence-corrected chi connectivity index (χ3v) is 2.83. The summed E-state index contributed by atoms with van der Waals surface area (Å²) in [6.45, 7) is 1.55. The number of hydrazone groups is 1. The molecule has 0 amide bonds. The van der Waals surface area contributed by atoms with E-state index in [9.17, 15) is 0 Å². The molecule has 1 aromatic carbocycles. The number of fused-ring (bicyclic) bond motifs is 3. The molecule has 0 spiro atoms. The van der Waals surface area contributed by atoms with E-state index in [-0.39, 0.29) is 0 Å². The fraction of sp³-hybridized carbons (Fsp3) is 0.364. The number of rotatable bonds is 1. The van der Waals surface area contributed by atoms with E-state index < -0.39 is 0 Å². The van der Waals surface area contributed by atoms with Crippen LogP contribution in [0.2, 0.25) is 0 Å². The predicted octanol–water partition coefficient (Wildman–Crippen LogP) is 1.01. The van der Waals surface area contributed by atoms with Gasteiger partial charge >= 0.3 is 0 Å². The number of methoxy groups -OCH3 is 1. The number of para-hydroxylation sites is 1. The van der Waals surface area contributed by atoms with Crippen LogP contribution in [0, 0.1) is 5.92 Å². The Balaban J connectivity index is 2.14. The molecule has 1 N–H and O–H groups in total. The summed E-state index contributed by atoms with van der Waals surface area (Å²) in [5.41, 5.74) is 5.15. The molecule has 1 unspecified atom stereocenters. The van der Waals surface area contributed by atoms with Crippen molar-refractivity contribution in [1.82, 2.24) is 5.43 Å². The van der Waals surface area contributed by atoms with Crippen molar-refractivity contribution in [2.24, 2.45) is 11.0 Å². The van der Waals surface area contributed by atoms with Crippen LogP contribution >= 0.6 is 0 Å². The molecule has 0 bridgehead atoms. The van der Waals surface area contributed by atoms with Gasteiger partial charge in [0, 0.05) is 12.1 Å². The van der Waals surface area contributed by atoms with Crippen molar-refractivity contribution in [2.75, 3.05) is 20.3 Å². The number of hydrogen-bond donors (Lipinski definition) is 1. The van der Waals surface area contributed by atoms with Crippen LogP contribution in [-0.4, -0.2) is 26.0 Å². The molecule has 78 valence electrons. The lowest BCUT2D eigenvalue weighted by Crippen LogP contribution is -2.28. The summed E-state index contributed by atoms with van der Waals surface area (Å²) in [5, 5.41) is 4.31. The Hall–Kier alpha value is -1.71. The Morgan fingerprint density at radius 2 is 2.47 bits per heavy atom. The zero-order valence-corrected chi connectivity index (χ0v) is 8.49. The number of hydrogen-bond acceptors (Lipinski definition) is 4. The van der Waals surface area contributed by atoms with Crippen LogP contribution in [-0.2, 0) is 0 Å². The quantitative estimate of drug-likeness (QED) is 0.742. The largest absolute Gasteiger partial charge is 0.493 e. The topological polar surface area (TPSA) is 42.9 Å². The fourth-order valence-electron chi connectivity index (χ4n) is 2.06. The molecule has 4 nitrogen and oxygen atoms in total. The molecular weight excluding hydrogens is 192 g/mol. The van der Waals surface area contributed by atoms with Gasteiger partial charge in [0.25, 0.3) is 0 Å². The van der Waals surface area contributed by atoms with Gasteiger partial charge in [-0.05, 0) is 12.1 Å². The molecule has 0 fully saturated rings. The summed E-state index contributed by atoms with van der Waals surface area (Å²) in [6.07, 6.45) is 0. The van der Waals surface area contributed by atoms with Crippen LogP contribution in [0.25, 0.3) is 0 Å². The second kappa shape index (κ2) is 3.15. The van der Waals surface area contributed by atoms with Crippen LogP contribution in [0.15, 0.2) is 23.3 Å². The molecule has 3 rings (SSSR count). The highest BCUT2D eigenvalue weighted by molar-refractivity contribution is 6.06. The van der Waals surface area contributed by atoms with Crippen molar-refractivity contribution < 1.29 is 9.47 Å². The van der Waals surface area contributed by atoms with E-state index in [4.69, 9.17) is 9.47 Å². The zero-order chi connectivity index (χ0) is 10.3. The Labute approximate surface area is 87.9 Å². The summed E-state index contributed by atoms with van der Waals surface area (Å²) >= 11 is 0. The summed E-state index contributed by atoms with van der Waals surface area (Å²) in [4.78, 5) is 0. The number of nitrogens with one attached hydrogen (secondary N) is 1. The van der Waals surface area contributed by atoms with Gasteiger partial charge < -0.3 is 14.9 Å². The Morgan fingerprint density at radius 1 is 1.53 bits per heavy atom. The molecule has 0 saturated heterocycles. The SMILES string of the molecule is COc1cccc2c1OCC1CNN=C21. The van der Waals surface area contributed by atoms with Crippen molar-refractivity contribution in [1.29, 1.82) is 0 Å². The molecule has 2 aliphatic heterocycles. The highest BCUT2D eigenvalue weighted by Gasteiger charge is 2.31. The van der Waals surface area contributed by atoms with Crippen molar-refractivity contribution >= 4 is 5.71 Å². The smallest absolute Gasteiger partial charge is 0.170 e. The van der Waals surface area contributed by atoms with Crippen molar-refractivity contribution in [3.63, 3.8) is 0 Å². The average Bonchev–Trinajstić information content (AvgIpc) is 2.76. The van der Waals surface area contributed by atoms with Gasteiger partial charge in [0.05, 0.1) is 25.3 Å². The van der Waals surface area contributed by atoms with Crippen molar-refractivity contribution in [2.45, 2.75) is 0 Å². The first-order valence-corrected chi connectivity index (χ1v) is 5.01. The van der Waals surface area contributed by atoms with Crippen LogP contribution < -0.4 is 14.9 Å². The number of benzene rings is 1. The van der Waals surface area contributed by atoms with E-state index in [1.165, 1.54) is 0 Å². The second-order valence-electron chi connectivity index (χ2n) is 3.70.